The molecular weight excluding hydrogens is 289 g/mol. The molecule has 0 unspecified atom stereocenters. The Balaban J connectivity index is 2.07. The molecule has 3 rings (SSSR count). The highest BCUT2D eigenvalue weighted by Gasteiger charge is 2.12. The van der Waals surface area contributed by atoms with E-state index in [1.54, 1.807) is 12.1 Å². The number of halogens is 1. The van der Waals surface area contributed by atoms with Crippen molar-refractivity contribution in [3.63, 3.8) is 0 Å². The molecule has 1 heterocycles. The van der Waals surface area contributed by atoms with Gasteiger partial charge in [0.05, 0.1) is 23.5 Å². The lowest BCUT2D eigenvalue weighted by molar-refractivity contribution is 0.626. The van der Waals surface area contributed by atoms with Crippen molar-refractivity contribution in [1.82, 2.24) is 9.55 Å². The van der Waals surface area contributed by atoms with Crippen molar-refractivity contribution in [2.75, 3.05) is 0 Å². The lowest BCUT2D eigenvalue weighted by Crippen LogP contribution is -2.04. The van der Waals surface area contributed by atoms with Crippen molar-refractivity contribution in [1.29, 1.82) is 5.26 Å². The van der Waals surface area contributed by atoms with Crippen LogP contribution in [0, 0.1) is 31.0 Å². The number of rotatable bonds is 4. The lowest BCUT2D eigenvalue weighted by Gasteiger charge is -2.08. The third-order valence-electron chi connectivity index (χ3n) is 4.17. The molecule has 23 heavy (non-hydrogen) atoms. The van der Waals surface area contributed by atoms with Gasteiger partial charge in [-0.3, -0.25) is 0 Å². The van der Waals surface area contributed by atoms with Gasteiger partial charge in [-0.1, -0.05) is 12.1 Å². The zero-order chi connectivity index (χ0) is 16.4. The Morgan fingerprint density at radius 3 is 2.52 bits per heavy atom. The fourth-order valence-corrected chi connectivity index (χ4v) is 2.76. The van der Waals surface area contributed by atoms with Gasteiger partial charge in [0, 0.05) is 13.0 Å². The maximum atomic E-state index is 13.1. The molecule has 0 saturated heterocycles. The summed E-state index contributed by atoms with van der Waals surface area (Å²) in [6.07, 6.45) is 1.06. The van der Waals surface area contributed by atoms with Gasteiger partial charge in [0.15, 0.2) is 0 Å². The number of nitriles is 1. The third kappa shape index (κ3) is 3.09. The van der Waals surface area contributed by atoms with Crippen molar-refractivity contribution >= 4 is 11.0 Å². The van der Waals surface area contributed by atoms with E-state index in [4.69, 9.17) is 10.2 Å². The summed E-state index contributed by atoms with van der Waals surface area (Å²) < 4.78 is 15.2. The Bertz CT molecular complexity index is 886. The van der Waals surface area contributed by atoms with Crippen molar-refractivity contribution in [2.45, 2.75) is 33.2 Å². The fourth-order valence-electron chi connectivity index (χ4n) is 2.76. The normalized spacial score (nSPS) is 10.9. The molecule has 1 aromatic heterocycles. The molecule has 0 fully saturated rings. The highest BCUT2D eigenvalue weighted by Crippen LogP contribution is 2.23. The van der Waals surface area contributed by atoms with Crippen LogP contribution in [0.5, 0.6) is 0 Å². The maximum Gasteiger partial charge on any atom is 0.123 e. The van der Waals surface area contributed by atoms with E-state index in [0.717, 1.165) is 22.4 Å². The molecular formula is C19H18FN3. The van der Waals surface area contributed by atoms with Gasteiger partial charge < -0.3 is 4.57 Å². The van der Waals surface area contributed by atoms with E-state index < -0.39 is 0 Å². The highest BCUT2D eigenvalue weighted by atomic mass is 19.1. The van der Waals surface area contributed by atoms with Gasteiger partial charge in [-0.2, -0.15) is 5.26 Å². The molecule has 116 valence electrons. The molecule has 4 heteroatoms. The first-order valence-corrected chi connectivity index (χ1v) is 7.66. The van der Waals surface area contributed by atoms with Gasteiger partial charge in [0.25, 0.3) is 0 Å². The number of benzene rings is 2. The summed E-state index contributed by atoms with van der Waals surface area (Å²) in [5.74, 6) is 0.671. The molecule has 0 bridgehead atoms. The zero-order valence-electron chi connectivity index (χ0n) is 13.3. The molecule has 0 radical (unpaired) electrons. The first kappa shape index (κ1) is 15.2. The summed E-state index contributed by atoms with van der Waals surface area (Å²) in [5.41, 5.74) is 5.43. The number of nitrogens with zero attached hydrogens (tertiary/aromatic N) is 3. The van der Waals surface area contributed by atoms with Crippen LogP contribution in [0.4, 0.5) is 4.39 Å². The predicted molar refractivity (Wildman–Crippen MR) is 88.6 cm³/mol. The molecule has 0 N–H and O–H groups in total. The van der Waals surface area contributed by atoms with Gasteiger partial charge in [0.2, 0.25) is 0 Å². The van der Waals surface area contributed by atoms with Crippen LogP contribution in [0.15, 0.2) is 36.4 Å². The highest BCUT2D eigenvalue weighted by molar-refractivity contribution is 5.78. The molecule has 0 saturated carbocycles. The van der Waals surface area contributed by atoms with Crippen LogP contribution in [-0.4, -0.2) is 9.55 Å². The van der Waals surface area contributed by atoms with Crippen molar-refractivity contribution < 1.29 is 4.39 Å². The Morgan fingerprint density at radius 2 is 1.83 bits per heavy atom. The minimum atomic E-state index is -0.238. The summed E-state index contributed by atoms with van der Waals surface area (Å²) in [7, 11) is 0. The number of fused-ring (bicyclic) bond motifs is 1. The van der Waals surface area contributed by atoms with Crippen LogP contribution in [0.1, 0.15) is 28.9 Å². The quantitative estimate of drug-likeness (QED) is 0.721. The van der Waals surface area contributed by atoms with E-state index in [1.165, 1.54) is 23.3 Å². The Kier molecular flexibility index (Phi) is 4.12. The minimum Gasteiger partial charge on any atom is -0.327 e. The number of aromatic nitrogens is 2. The zero-order valence-corrected chi connectivity index (χ0v) is 13.3. The summed E-state index contributed by atoms with van der Waals surface area (Å²) in [6, 6.07) is 12.9. The molecule has 0 aliphatic heterocycles. The summed E-state index contributed by atoms with van der Waals surface area (Å²) in [6.45, 7) is 4.77. The average molecular weight is 307 g/mol. The molecule has 0 spiro atoms. The van der Waals surface area contributed by atoms with Gasteiger partial charge in [-0.05, 0) is 54.8 Å². The standard InChI is InChI=1S/C19H18FN3/c1-13-10-17-18(11-14(13)2)23(9-3-8-21)19(22-17)12-15-4-6-16(20)7-5-15/h4-7,10-11H,3,9,12H2,1-2H3. The third-order valence-corrected chi connectivity index (χ3v) is 4.17. The molecule has 0 amide bonds. The van der Waals surface area contributed by atoms with Gasteiger partial charge in [-0.25, -0.2) is 9.37 Å². The van der Waals surface area contributed by atoms with Crippen molar-refractivity contribution in [3.05, 3.63) is 64.7 Å². The van der Waals surface area contributed by atoms with E-state index in [-0.39, 0.29) is 5.82 Å². The van der Waals surface area contributed by atoms with Crippen LogP contribution in [0.25, 0.3) is 11.0 Å². The van der Waals surface area contributed by atoms with E-state index in [2.05, 4.69) is 36.6 Å². The molecule has 0 aliphatic carbocycles. The number of hydrogen-bond acceptors (Lipinski definition) is 2. The Labute approximate surface area is 135 Å². The average Bonchev–Trinajstić information content (AvgIpc) is 2.84. The molecule has 3 nitrogen and oxygen atoms in total. The summed E-state index contributed by atoms with van der Waals surface area (Å²) in [4.78, 5) is 4.75. The Hall–Kier alpha value is -2.67. The minimum absolute atomic E-state index is 0.238. The molecule has 0 aliphatic rings. The van der Waals surface area contributed by atoms with Crippen LogP contribution in [-0.2, 0) is 13.0 Å². The van der Waals surface area contributed by atoms with Gasteiger partial charge in [-0.15, -0.1) is 0 Å². The molecule has 2 aromatic carbocycles. The lowest BCUT2D eigenvalue weighted by atomic mass is 10.1. The maximum absolute atomic E-state index is 13.1. The van der Waals surface area contributed by atoms with Gasteiger partial charge >= 0.3 is 0 Å². The topological polar surface area (TPSA) is 41.6 Å². The second kappa shape index (κ2) is 6.21. The van der Waals surface area contributed by atoms with Crippen LogP contribution >= 0.6 is 0 Å². The van der Waals surface area contributed by atoms with Crippen LogP contribution in [0.3, 0.4) is 0 Å². The molecule has 0 atom stereocenters. The van der Waals surface area contributed by atoms with Crippen molar-refractivity contribution in [2.24, 2.45) is 0 Å². The number of imidazole rings is 1. The van der Waals surface area contributed by atoms with Crippen molar-refractivity contribution in [3.8, 4) is 6.07 Å². The van der Waals surface area contributed by atoms with E-state index in [1.807, 2.05) is 0 Å². The van der Waals surface area contributed by atoms with E-state index in [9.17, 15) is 4.39 Å². The Morgan fingerprint density at radius 1 is 1.13 bits per heavy atom. The monoisotopic (exact) mass is 307 g/mol. The van der Waals surface area contributed by atoms with E-state index >= 15 is 0 Å². The smallest absolute Gasteiger partial charge is 0.123 e. The largest absolute Gasteiger partial charge is 0.327 e. The summed E-state index contributed by atoms with van der Waals surface area (Å²) >= 11 is 0. The summed E-state index contributed by atoms with van der Waals surface area (Å²) in [5, 5.41) is 8.92. The first-order chi connectivity index (χ1) is 11.1. The SMILES string of the molecule is Cc1cc2nc(Cc3ccc(F)cc3)n(CCC#N)c2cc1C. The van der Waals surface area contributed by atoms with Crippen LogP contribution in [0.2, 0.25) is 0 Å². The second-order valence-electron chi connectivity index (χ2n) is 5.82. The number of aryl methyl sites for hydroxylation is 3. The molecule has 3 aromatic rings. The predicted octanol–water partition coefficient (Wildman–Crippen LogP) is 4.30. The number of hydrogen-bond donors (Lipinski definition) is 0. The van der Waals surface area contributed by atoms with Gasteiger partial charge in [0.1, 0.15) is 11.6 Å². The van der Waals surface area contributed by atoms with Crippen LogP contribution < -0.4 is 0 Å². The fraction of sp³-hybridized carbons (Fsp3) is 0.263. The second-order valence-corrected chi connectivity index (χ2v) is 5.82. The van der Waals surface area contributed by atoms with E-state index in [0.29, 0.717) is 19.4 Å². The first-order valence-electron chi connectivity index (χ1n) is 7.66.